The Balaban J connectivity index is 3.48. The van der Waals surface area contributed by atoms with E-state index < -0.39 is 20.3 Å². The van der Waals surface area contributed by atoms with Gasteiger partial charge in [-0.25, -0.2) is 0 Å². The Bertz CT molecular complexity index is 646. The second kappa shape index (κ2) is 14.6. The fraction of sp³-hybridized carbons (Fsp3) is 0.727. The molecule has 0 saturated heterocycles. The number of hydrogen-bond acceptors (Lipinski definition) is 7. The predicted octanol–water partition coefficient (Wildman–Crippen LogP) is 7.01. The number of rotatable bonds is 18. The fourth-order valence-electron chi connectivity index (χ4n) is 3.36. The third-order valence-corrected chi connectivity index (χ3v) is 11.0. The van der Waals surface area contributed by atoms with Gasteiger partial charge in [-0.15, -0.1) is 0 Å². The second-order valence-electron chi connectivity index (χ2n) is 6.95. The van der Waals surface area contributed by atoms with Gasteiger partial charge in [0.2, 0.25) is 0 Å². The molecule has 1 rings (SSSR count). The van der Waals surface area contributed by atoms with Gasteiger partial charge in [0.1, 0.15) is 0 Å². The number of benzene rings is 1. The Morgan fingerprint density at radius 3 is 1.65 bits per heavy atom. The molecule has 0 aliphatic heterocycles. The van der Waals surface area contributed by atoms with Crippen molar-refractivity contribution in [2.45, 2.75) is 71.8 Å². The summed E-state index contributed by atoms with van der Waals surface area (Å²) in [5, 5.41) is -1.83. The lowest BCUT2D eigenvalue weighted by atomic mass is 10.1. The zero-order chi connectivity index (χ0) is 23.2. The van der Waals surface area contributed by atoms with E-state index in [1.807, 2.05) is 37.3 Å². The third-order valence-electron chi connectivity index (χ3n) is 4.69. The lowest BCUT2D eigenvalue weighted by Crippen LogP contribution is -2.37. The van der Waals surface area contributed by atoms with Crippen LogP contribution in [-0.2, 0) is 38.4 Å². The zero-order valence-electron chi connectivity index (χ0n) is 19.7. The first-order valence-corrected chi connectivity index (χ1v) is 14.4. The lowest BCUT2D eigenvalue weighted by molar-refractivity contribution is 0.00858. The molecule has 0 unspecified atom stereocenters. The summed E-state index contributed by atoms with van der Waals surface area (Å²) in [6.07, 6.45) is 2.96. The molecule has 0 heterocycles. The highest BCUT2D eigenvalue weighted by atomic mass is 31.2. The first-order chi connectivity index (χ1) is 14.9. The molecule has 0 amide bonds. The van der Waals surface area contributed by atoms with Crippen LogP contribution in [0.3, 0.4) is 0 Å². The maximum absolute atomic E-state index is 14.2. The van der Waals surface area contributed by atoms with Gasteiger partial charge in [0.05, 0.1) is 26.4 Å². The van der Waals surface area contributed by atoms with Crippen LogP contribution in [0.4, 0.5) is 0 Å². The van der Waals surface area contributed by atoms with Crippen molar-refractivity contribution in [3.05, 3.63) is 35.9 Å². The summed E-state index contributed by atoms with van der Waals surface area (Å²) in [6, 6.07) is 9.94. The maximum Gasteiger partial charge on any atom is 0.374 e. The van der Waals surface area contributed by atoms with E-state index in [-0.39, 0.29) is 39.5 Å². The molecule has 0 aliphatic carbocycles. The maximum atomic E-state index is 14.2. The minimum atomic E-state index is -4.04. The highest BCUT2D eigenvalue weighted by Crippen LogP contribution is 2.79. The van der Waals surface area contributed by atoms with E-state index in [0.29, 0.717) is 19.3 Å². The van der Waals surface area contributed by atoms with Gasteiger partial charge in [0, 0.05) is 13.0 Å². The Morgan fingerprint density at radius 1 is 0.742 bits per heavy atom. The van der Waals surface area contributed by atoms with Gasteiger partial charge in [-0.05, 0) is 52.5 Å². The van der Waals surface area contributed by atoms with Gasteiger partial charge in [-0.3, -0.25) is 9.13 Å². The normalized spacial score (nSPS) is 12.9. The van der Waals surface area contributed by atoms with Crippen LogP contribution in [0.5, 0.6) is 0 Å². The Kier molecular flexibility index (Phi) is 13.4. The first kappa shape index (κ1) is 28.5. The molecule has 9 heteroatoms. The summed E-state index contributed by atoms with van der Waals surface area (Å²) in [5.41, 5.74) is 1.12. The summed E-state index contributed by atoms with van der Waals surface area (Å²) in [6.45, 7) is 9.63. The second-order valence-corrected chi connectivity index (χ2v) is 11.8. The summed E-state index contributed by atoms with van der Waals surface area (Å²) in [5.74, 6) is 0. The molecule has 7 nitrogen and oxygen atoms in total. The number of ether oxygens (including phenoxy) is 1. The molecule has 0 fully saturated rings. The molecule has 1 aromatic carbocycles. The first-order valence-electron chi connectivity index (χ1n) is 11.3. The van der Waals surface area contributed by atoms with Crippen LogP contribution in [-0.4, -0.2) is 38.1 Å². The van der Waals surface area contributed by atoms with Crippen molar-refractivity contribution in [2.75, 3.05) is 33.0 Å². The molecule has 180 valence electrons. The number of aryl methyl sites for hydroxylation is 1. The van der Waals surface area contributed by atoms with Crippen molar-refractivity contribution in [2.24, 2.45) is 0 Å². The van der Waals surface area contributed by atoms with E-state index >= 15 is 0 Å². The van der Waals surface area contributed by atoms with E-state index in [9.17, 15) is 9.13 Å². The average molecular weight is 479 g/mol. The monoisotopic (exact) mass is 478 g/mol. The molecule has 0 aromatic heterocycles. The molecule has 0 bridgehead atoms. The van der Waals surface area contributed by atoms with Gasteiger partial charge in [-0.1, -0.05) is 43.7 Å². The molecule has 1 aromatic rings. The average Bonchev–Trinajstić information content (AvgIpc) is 2.74. The van der Waals surface area contributed by atoms with Crippen molar-refractivity contribution < 1.29 is 32.0 Å². The van der Waals surface area contributed by atoms with Gasteiger partial charge in [0.15, 0.2) is 0 Å². The minimum Gasteiger partial charge on any atom is -0.352 e. The van der Waals surface area contributed by atoms with Crippen LogP contribution in [0.15, 0.2) is 30.3 Å². The topological polar surface area (TPSA) is 80.3 Å². The van der Waals surface area contributed by atoms with Gasteiger partial charge >= 0.3 is 15.2 Å². The van der Waals surface area contributed by atoms with Crippen LogP contribution >= 0.6 is 15.2 Å². The minimum absolute atomic E-state index is 0.118. The van der Waals surface area contributed by atoms with E-state index in [0.717, 1.165) is 12.0 Å². The lowest BCUT2D eigenvalue weighted by Gasteiger charge is -2.42. The molecule has 0 saturated carbocycles. The Labute approximate surface area is 188 Å². The molecule has 0 aliphatic rings. The van der Waals surface area contributed by atoms with Crippen molar-refractivity contribution in [1.29, 1.82) is 0 Å². The van der Waals surface area contributed by atoms with Crippen molar-refractivity contribution in [3.8, 4) is 0 Å². The van der Waals surface area contributed by atoms with Crippen LogP contribution in [0.2, 0.25) is 0 Å². The number of unbranched alkanes of at least 4 members (excludes halogenated alkanes) is 1. The SMILES string of the molecule is CCCCOC(CCCc1ccccc1)(P(=O)(OCC)OCC)P(=O)(OCC)OCC. The zero-order valence-corrected chi connectivity index (χ0v) is 21.5. The summed E-state index contributed by atoms with van der Waals surface area (Å²) >= 11 is 0. The van der Waals surface area contributed by atoms with E-state index in [1.54, 1.807) is 27.7 Å². The highest BCUT2D eigenvalue weighted by Gasteiger charge is 2.66. The van der Waals surface area contributed by atoms with Crippen molar-refractivity contribution in [3.63, 3.8) is 0 Å². The van der Waals surface area contributed by atoms with Crippen molar-refractivity contribution in [1.82, 2.24) is 0 Å². The van der Waals surface area contributed by atoms with Crippen LogP contribution in [0.25, 0.3) is 0 Å². The van der Waals surface area contributed by atoms with Gasteiger partial charge < -0.3 is 22.8 Å². The van der Waals surface area contributed by atoms with E-state index in [2.05, 4.69) is 0 Å². The summed E-state index contributed by atoms with van der Waals surface area (Å²) in [7, 11) is -8.08. The van der Waals surface area contributed by atoms with Crippen LogP contribution in [0.1, 0.15) is 65.9 Å². The molecular formula is C22H40O7P2. The molecule has 0 radical (unpaired) electrons. The van der Waals surface area contributed by atoms with Gasteiger partial charge in [0.25, 0.3) is 5.08 Å². The Morgan fingerprint density at radius 2 is 1.23 bits per heavy atom. The molecule has 31 heavy (non-hydrogen) atoms. The quantitative estimate of drug-likeness (QED) is 0.166. The van der Waals surface area contributed by atoms with Crippen molar-refractivity contribution >= 4 is 15.2 Å². The largest absolute Gasteiger partial charge is 0.374 e. The highest BCUT2D eigenvalue weighted by molar-refractivity contribution is 7.74. The smallest absolute Gasteiger partial charge is 0.352 e. The Hall–Kier alpha value is -0.520. The molecule has 0 spiro atoms. The number of hydrogen-bond donors (Lipinski definition) is 0. The van der Waals surface area contributed by atoms with E-state index in [4.69, 9.17) is 22.8 Å². The van der Waals surface area contributed by atoms with E-state index in [1.165, 1.54) is 0 Å². The standard InChI is InChI=1S/C22H40O7P2/c1-6-11-20-25-22(30(23,26-7-2)27-8-3,31(24,28-9-4)29-10-5)19-15-18-21-16-13-12-14-17-21/h12-14,16-17H,6-11,15,18-20H2,1-5H3. The summed E-state index contributed by atoms with van der Waals surface area (Å²) in [4.78, 5) is 0. The molecule has 0 N–H and O–H groups in total. The third kappa shape index (κ3) is 7.50. The van der Waals surface area contributed by atoms with Crippen LogP contribution in [0, 0.1) is 0 Å². The molecular weight excluding hydrogens is 438 g/mol. The predicted molar refractivity (Wildman–Crippen MR) is 125 cm³/mol. The van der Waals surface area contributed by atoms with Gasteiger partial charge in [-0.2, -0.15) is 0 Å². The molecule has 0 atom stereocenters. The fourth-order valence-corrected chi connectivity index (χ4v) is 8.93. The van der Waals surface area contributed by atoms with Crippen LogP contribution < -0.4 is 0 Å². The summed E-state index contributed by atoms with van der Waals surface area (Å²) < 4.78 is 57.3.